The Morgan fingerprint density at radius 1 is 1.21 bits per heavy atom. The summed E-state index contributed by atoms with van der Waals surface area (Å²) in [6, 6.07) is 9.91. The van der Waals surface area contributed by atoms with E-state index >= 15 is 0 Å². The summed E-state index contributed by atoms with van der Waals surface area (Å²) in [6.07, 6.45) is 0. The number of fused-ring (bicyclic) bond motifs is 1. The zero-order valence-corrected chi connectivity index (χ0v) is 18.4. The zero-order valence-electron chi connectivity index (χ0n) is 17.6. The molecule has 0 spiro atoms. The molecule has 0 aliphatic heterocycles. The Morgan fingerprint density at radius 3 is 2.55 bits per heavy atom. The second kappa shape index (κ2) is 8.86. The van der Waals surface area contributed by atoms with Gasteiger partial charge in [-0.1, -0.05) is 55.4 Å². The first-order valence-corrected chi connectivity index (χ1v) is 10.8. The number of aryl methyl sites for hydroxylation is 2. The van der Waals surface area contributed by atoms with Gasteiger partial charge in [0.15, 0.2) is 5.16 Å². The van der Waals surface area contributed by atoms with Crippen LogP contribution in [0.2, 0.25) is 0 Å². The van der Waals surface area contributed by atoms with Crippen LogP contribution in [0.3, 0.4) is 0 Å². The number of aromatic amines is 1. The van der Waals surface area contributed by atoms with Crippen LogP contribution in [0.4, 0.5) is 0 Å². The Kier molecular flexibility index (Phi) is 6.47. The molecule has 1 amide bonds. The van der Waals surface area contributed by atoms with Gasteiger partial charge in [0.1, 0.15) is 5.52 Å². The third-order valence-electron chi connectivity index (χ3n) is 4.67. The van der Waals surface area contributed by atoms with E-state index in [9.17, 15) is 9.59 Å². The molecule has 1 unspecified atom stereocenters. The first-order chi connectivity index (χ1) is 13.7. The Balaban J connectivity index is 1.75. The van der Waals surface area contributed by atoms with Crippen molar-refractivity contribution in [1.82, 2.24) is 19.9 Å². The molecule has 3 aromatic rings. The summed E-state index contributed by atoms with van der Waals surface area (Å²) in [4.78, 5) is 33.2. The quantitative estimate of drug-likeness (QED) is 0.455. The van der Waals surface area contributed by atoms with Crippen LogP contribution >= 0.6 is 11.8 Å². The summed E-state index contributed by atoms with van der Waals surface area (Å²) >= 11 is 1.30. The third kappa shape index (κ3) is 5.09. The second-order valence-corrected chi connectivity index (χ2v) is 8.85. The van der Waals surface area contributed by atoms with E-state index in [1.807, 2.05) is 51.1 Å². The predicted molar refractivity (Wildman–Crippen MR) is 118 cm³/mol. The van der Waals surface area contributed by atoms with Gasteiger partial charge in [0.25, 0.3) is 5.56 Å². The van der Waals surface area contributed by atoms with E-state index in [1.54, 1.807) is 4.57 Å². The number of benzene rings is 1. The van der Waals surface area contributed by atoms with E-state index in [-0.39, 0.29) is 29.2 Å². The topological polar surface area (TPSA) is 79.8 Å². The van der Waals surface area contributed by atoms with E-state index in [1.165, 1.54) is 17.3 Å². The fourth-order valence-electron chi connectivity index (χ4n) is 3.20. The van der Waals surface area contributed by atoms with Gasteiger partial charge in [-0.05, 0) is 38.3 Å². The Bertz CT molecular complexity index is 1070. The zero-order chi connectivity index (χ0) is 21.1. The van der Waals surface area contributed by atoms with Crippen molar-refractivity contribution >= 4 is 28.7 Å². The summed E-state index contributed by atoms with van der Waals surface area (Å²) in [5.41, 5.74) is 4.22. The number of amides is 1. The van der Waals surface area contributed by atoms with Crippen LogP contribution in [-0.4, -0.2) is 26.2 Å². The molecule has 2 heterocycles. The van der Waals surface area contributed by atoms with Crippen LogP contribution in [0.25, 0.3) is 11.0 Å². The van der Waals surface area contributed by atoms with Gasteiger partial charge in [0, 0.05) is 12.2 Å². The maximum atomic E-state index is 12.9. The Labute approximate surface area is 175 Å². The first kappa shape index (κ1) is 21.2. The molecule has 0 aliphatic carbocycles. The normalized spacial score (nSPS) is 12.5. The van der Waals surface area contributed by atoms with E-state index < -0.39 is 0 Å². The number of H-pyrrole nitrogens is 1. The molecule has 0 saturated heterocycles. The van der Waals surface area contributed by atoms with Crippen molar-refractivity contribution in [2.75, 3.05) is 5.75 Å². The summed E-state index contributed by atoms with van der Waals surface area (Å²) in [5.74, 6) is 0.409. The monoisotopic (exact) mass is 412 g/mol. The van der Waals surface area contributed by atoms with E-state index in [0.29, 0.717) is 22.7 Å². The van der Waals surface area contributed by atoms with E-state index in [2.05, 4.69) is 29.1 Å². The third-order valence-corrected chi connectivity index (χ3v) is 5.65. The number of nitrogens with one attached hydrogen (secondary N) is 2. The molecular formula is C22H28N4O2S. The predicted octanol–water partition coefficient (Wildman–Crippen LogP) is 3.97. The SMILES string of the molecule is Cc1ccc(C(C)NC(=O)CSc2nc3cc(C)[nH]c3c(=O)n2CC(C)C)cc1. The van der Waals surface area contributed by atoms with Crippen LogP contribution in [0.1, 0.15) is 43.6 Å². The van der Waals surface area contributed by atoms with Crippen molar-refractivity contribution in [3.63, 3.8) is 0 Å². The number of aromatic nitrogens is 3. The average molecular weight is 413 g/mol. The van der Waals surface area contributed by atoms with Crippen LogP contribution in [0, 0.1) is 19.8 Å². The van der Waals surface area contributed by atoms with Gasteiger partial charge in [-0.2, -0.15) is 0 Å². The van der Waals surface area contributed by atoms with Gasteiger partial charge in [0.05, 0.1) is 17.3 Å². The highest BCUT2D eigenvalue weighted by Crippen LogP contribution is 2.20. The maximum Gasteiger partial charge on any atom is 0.278 e. The Morgan fingerprint density at radius 2 is 1.90 bits per heavy atom. The molecule has 2 aromatic heterocycles. The summed E-state index contributed by atoms with van der Waals surface area (Å²) < 4.78 is 1.67. The van der Waals surface area contributed by atoms with Crippen LogP contribution in [0.5, 0.6) is 0 Å². The van der Waals surface area contributed by atoms with Crippen molar-refractivity contribution < 1.29 is 4.79 Å². The minimum absolute atomic E-state index is 0.0793. The minimum Gasteiger partial charge on any atom is -0.353 e. The van der Waals surface area contributed by atoms with Gasteiger partial charge in [0.2, 0.25) is 5.91 Å². The molecular weight excluding hydrogens is 384 g/mol. The van der Waals surface area contributed by atoms with Crippen LogP contribution in [-0.2, 0) is 11.3 Å². The second-order valence-electron chi connectivity index (χ2n) is 7.91. The lowest BCUT2D eigenvalue weighted by atomic mass is 10.1. The van der Waals surface area contributed by atoms with Crippen molar-refractivity contribution in [3.05, 3.63) is 57.5 Å². The number of nitrogens with zero attached hydrogens (tertiary/aromatic N) is 2. The fourth-order valence-corrected chi connectivity index (χ4v) is 4.02. The van der Waals surface area contributed by atoms with Crippen molar-refractivity contribution in [2.24, 2.45) is 5.92 Å². The largest absolute Gasteiger partial charge is 0.353 e. The number of hydrogen-bond donors (Lipinski definition) is 2. The standard InChI is InChI=1S/C22H28N4O2S/c1-13(2)11-26-21(28)20-18(10-15(4)23-20)25-22(26)29-12-19(27)24-16(5)17-8-6-14(3)7-9-17/h6-10,13,16,23H,11-12H2,1-5H3,(H,24,27). The van der Waals surface area contributed by atoms with Gasteiger partial charge in [-0.15, -0.1) is 0 Å². The van der Waals surface area contributed by atoms with Crippen LogP contribution < -0.4 is 10.9 Å². The average Bonchev–Trinajstić information content (AvgIpc) is 3.03. The highest BCUT2D eigenvalue weighted by molar-refractivity contribution is 7.99. The molecule has 0 fully saturated rings. The molecule has 1 atom stereocenters. The number of carbonyl (C=O) groups excluding carboxylic acids is 1. The summed E-state index contributed by atoms with van der Waals surface area (Å²) in [7, 11) is 0. The number of thioether (sulfide) groups is 1. The molecule has 0 aliphatic rings. The summed E-state index contributed by atoms with van der Waals surface area (Å²) in [6.45, 7) is 10.6. The van der Waals surface area contributed by atoms with Crippen molar-refractivity contribution in [2.45, 2.75) is 52.4 Å². The molecule has 2 N–H and O–H groups in total. The van der Waals surface area contributed by atoms with E-state index in [4.69, 9.17) is 0 Å². The minimum atomic E-state index is -0.0901. The van der Waals surface area contributed by atoms with Crippen LogP contribution in [0.15, 0.2) is 40.3 Å². The maximum absolute atomic E-state index is 12.9. The van der Waals surface area contributed by atoms with Crippen molar-refractivity contribution in [1.29, 1.82) is 0 Å². The number of carbonyl (C=O) groups is 1. The lowest BCUT2D eigenvalue weighted by Crippen LogP contribution is -2.29. The lowest BCUT2D eigenvalue weighted by molar-refractivity contribution is -0.119. The fraction of sp³-hybridized carbons (Fsp3) is 0.409. The molecule has 154 valence electrons. The van der Waals surface area contributed by atoms with Crippen molar-refractivity contribution in [3.8, 4) is 0 Å². The molecule has 1 aromatic carbocycles. The molecule has 0 radical (unpaired) electrons. The molecule has 0 saturated carbocycles. The highest BCUT2D eigenvalue weighted by Gasteiger charge is 2.16. The molecule has 29 heavy (non-hydrogen) atoms. The number of hydrogen-bond acceptors (Lipinski definition) is 4. The Hall–Kier alpha value is -2.54. The van der Waals surface area contributed by atoms with Gasteiger partial charge in [-0.3, -0.25) is 14.2 Å². The summed E-state index contributed by atoms with van der Waals surface area (Å²) in [5, 5.41) is 3.60. The van der Waals surface area contributed by atoms with Gasteiger partial charge < -0.3 is 10.3 Å². The molecule has 6 nitrogen and oxygen atoms in total. The number of rotatable bonds is 7. The highest BCUT2D eigenvalue weighted by atomic mass is 32.2. The molecule has 0 bridgehead atoms. The smallest absolute Gasteiger partial charge is 0.278 e. The van der Waals surface area contributed by atoms with Gasteiger partial charge in [-0.25, -0.2) is 4.98 Å². The lowest BCUT2D eigenvalue weighted by Gasteiger charge is -2.16. The molecule has 7 heteroatoms. The van der Waals surface area contributed by atoms with Gasteiger partial charge >= 0.3 is 0 Å². The molecule has 3 rings (SSSR count). The van der Waals surface area contributed by atoms with E-state index in [0.717, 1.165) is 11.3 Å². The first-order valence-electron chi connectivity index (χ1n) is 9.83.